The molecule has 40 heavy (non-hydrogen) atoms. The Morgan fingerprint density at radius 1 is 0.825 bits per heavy atom. The second-order valence-corrected chi connectivity index (χ2v) is 11.7. The van der Waals surface area contributed by atoms with Gasteiger partial charge in [0.25, 0.3) is 0 Å². The number of nitrogens with one attached hydrogen (secondary N) is 1. The van der Waals surface area contributed by atoms with Crippen LogP contribution in [0.25, 0.3) is 28.5 Å². The molecule has 212 valence electrons. The predicted octanol–water partition coefficient (Wildman–Crippen LogP) is 6.42. The van der Waals surface area contributed by atoms with Gasteiger partial charge in [0.2, 0.25) is 16.0 Å². The van der Waals surface area contributed by atoms with Crippen molar-refractivity contribution in [3.8, 4) is 28.5 Å². The Balaban J connectivity index is 1.76. The van der Waals surface area contributed by atoms with Crippen molar-refractivity contribution in [3.05, 3.63) is 77.9 Å². The van der Waals surface area contributed by atoms with Crippen LogP contribution in [0.4, 0.5) is 26.3 Å². The standard InChI is InChI=1S/C26H23F6N5O2S/c1-15-10-17(8-9-19(15)25(27,28)29)20-12-22(26(30,31)32)35-23(34-20)37-13-21(33-14-37)16-6-5-7-18(11-16)40(38,39)36-24(2,3)4/h5-14,36H,1-4H3. The number of aromatic nitrogens is 4. The number of rotatable bonds is 5. The molecule has 14 heteroatoms. The van der Waals surface area contributed by atoms with Crippen molar-refractivity contribution in [1.82, 2.24) is 24.2 Å². The minimum Gasteiger partial charge on any atom is -0.274 e. The van der Waals surface area contributed by atoms with Crippen LogP contribution in [0.5, 0.6) is 0 Å². The predicted molar refractivity (Wildman–Crippen MR) is 135 cm³/mol. The molecule has 4 aromatic rings. The summed E-state index contributed by atoms with van der Waals surface area (Å²) >= 11 is 0. The molecule has 1 N–H and O–H groups in total. The van der Waals surface area contributed by atoms with E-state index in [0.717, 1.165) is 29.1 Å². The Kier molecular flexibility index (Phi) is 7.30. The van der Waals surface area contributed by atoms with E-state index < -0.39 is 45.1 Å². The van der Waals surface area contributed by atoms with Gasteiger partial charge in [0, 0.05) is 22.9 Å². The monoisotopic (exact) mass is 583 g/mol. The molecule has 0 bridgehead atoms. The summed E-state index contributed by atoms with van der Waals surface area (Å²) in [6, 6.07) is 9.41. The lowest BCUT2D eigenvalue weighted by atomic mass is 10.0. The molecule has 0 saturated carbocycles. The zero-order valence-corrected chi connectivity index (χ0v) is 22.4. The van der Waals surface area contributed by atoms with E-state index >= 15 is 0 Å². The Hall–Kier alpha value is -3.78. The first-order valence-electron chi connectivity index (χ1n) is 11.7. The number of alkyl halides is 6. The number of sulfonamides is 1. The van der Waals surface area contributed by atoms with E-state index in [9.17, 15) is 34.8 Å². The van der Waals surface area contributed by atoms with Gasteiger partial charge in [-0.05, 0) is 63.6 Å². The molecular weight excluding hydrogens is 560 g/mol. The van der Waals surface area contributed by atoms with Crippen molar-refractivity contribution >= 4 is 10.0 Å². The van der Waals surface area contributed by atoms with E-state index in [4.69, 9.17) is 0 Å². The van der Waals surface area contributed by atoms with Crippen LogP contribution in [0, 0.1) is 6.92 Å². The van der Waals surface area contributed by atoms with E-state index in [1.807, 2.05) is 0 Å². The zero-order valence-electron chi connectivity index (χ0n) is 21.6. The molecule has 0 aliphatic carbocycles. The summed E-state index contributed by atoms with van der Waals surface area (Å²) in [6.07, 6.45) is -7.02. The maximum Gasteiger partial charge on any atom is 0.433 e. The van der Waals surface area contributed by atoms with Crippen LogP contribution in [0.2, 0.25) is 0 Å². The lowest BCUT2D eigenvalue weighted by Crippen LogP contribution is -2.40. The number of hydrogen-bond donors (Lipinski definition) is 1. The molecule has 0 aliphatic heterocycles. The highest BCUT2D eigenvalue weighted by molar-refractivity contribution is 7.89. The van der Waals surface area contributed by atoms with Gasteiger partial charge in [-0.25, -0.2) is 28.1 Å². The highest BCUT2D eigenvalue weighted by Crippen LogP contribution is 2.35. The molecule has 4 rings (SSSR count). The van der Waals surface area contributed by atoms with Gasteiger partial charge in [-0.2, -0.15) is 26.3 Å². The van der Waals surface area contributed by atoms with E-state index in [-0.39, 0.29) is 27.4 Å². The van der Waals surface area contributed by atoms with Crippen molar-refractivity contribution in [3.63, 3.8) is 0 Å². The summed E-state index contributed by atoms with van der Waals surface area (Å²) in [6.45, 7) is 6.26. The largest absolute Gasteiger partial charge is 0.433 e. The highest BCUT2D eigenvalue weighted by Gasteiger charge is 2.35. The summed E-state index contributed by atoms with van der Waals surface area (Å²) in [4.78, 5) is 11.9. The number of halogens is 6. The second-order valence-electron chi connectivity index (χ2n) is 10.0. The minimum atomic E-state index is -4.88. The second kappa shape index (κ2) is 10.0. The van der Waals surface area contributed by atoms with E-state index in [1.165, 1.54) is 31.3 Å². The van der Waals surface area contributed by atoms with E-state index in [2.05, 4.69) is 19.7 Å². The fraction of sp³-hybridized carbons (Fsp3) is 0.269. The quantitative estimate of drug-likeness (QED) is 0.274. The summed E-state index contributed by atoms with van der Waals surface area (Å²) < 4.78 is 110. The molecular formula is C26H23F6N5O2S. The van der Waals surface area contributed by atoms with Crippen LogP contribution < -0.4 is 4.72 Å². The molecule has 2 aromatic carbocycles. The molecule has 0 saturated heterocycles. The van der Waals surface area contributed by atoms with Gasteiger partial charge in [-0.15, -0.1) is 0 Å². The maximum absolute atomic E-state index is 13.7. The molecule has 0 spiro atoms. The molecule has 0 unspecified atom stereocenters. The molecule has 0 amide bonds. The van der Waals surface area contributed by atoms with Crippen molar-refractivity contribution in [2.24, 2.45) is 0 Å². The van der Waals surface area contributed by atoms with Crippen LogP contribution in [0.3, 0.4) is 0 Å². The molecule has 0 aliphatic rings. The third-order valence-electron chi connectivity index (χ3n) is 5.53. The van der Waals surface area contributed by atoms with Crippen LogP contribution in [-0.4, -0.2) is 33.5 Å². The normalized spacial score (nSPS) is 13.1. The van der Waals surface area contributed by atoms with Crippen molar-refractivity contribution < 1.29 is 34.8 Å². The summed E-state index contributed by atoms with van der Waals surface area (Å²) in [5.74, 6) is -0.431. The fourth-order valence-electron chi connectivity index (χ4n) is 3.85. The van der Waals surface area contributed by atoms with Crippen LogP contribution >= 0.6 is 0 Å². The Bertz CT molecular complexity index is 1670. The van der Waals surface area contributed by atoms with Gasteiger partial charge < -0.3 is 0 Å². The number of benzene rings is 2. The first kappa shape index (κ1) is 29.2. The van der Waals surface area contributed by atoms with Crippen molar-refractivity contribution in [1.29, 1.82) is 0 Å². The first-order chi connectivity index (χ1) is 18.3. The average Bonchev–Trinajstić information content (AvgIpc) is 3.31. The highest BCUT2D eigenvalue weighted by atomic mass is 32.2. The number of imidazole rings is 1. The smallest absolute Gasteiger partial charge is 0.274 e. The average molecular weight is 584 g/mol. The van der Waals surface area contributed by atoms with Crippen molar-refractivity contribution in [2.45, 2.75) is 50.5 Å². The van der Waals surface area contributed by atoms with Crippen molar-refractivity contribution in [2.75, 3.05) is 0 Å². The Labute approximate surface area is 226 Å². The third-order valence-corrected chi connectivity index (χ3v) is 7.28. The molecule has 0 radical (unpaired) electrons. The SMILES string of the molecule is Cc1cc(-c2cc(C(F)(F)F)nc(-n3cnc(-c4cccc(S(=O)(=O)NC(C)(C)C)c4)c3)n2)ccc1C(F)(F)F. The zero-order chi connectivity index (χ0) is 29.7. The number of nitrogens with zero attached hydrogens (tertiary/aromatic N) is 4. The lowest BCUT2D eigenvalue weighted by Gasteiger charge is -2.20. The van der Waals surface area contributed by atoms with Gasteiger partial charge >= 0.3 is 12.4 Å². The topological polar surface area (TPSA) is 89.8 Å². The Morgan fingerprint density at radius 3 is 2.10 bits per heavy atom. The van der Waals surface area contributed by atoms with Crippen LogP contribution in [0.15, 0.2) is 66.0 Å². The molecule has 7 nitrogen and oxygen atoms in total. The number of aryl methyl sites for hydroxylation is 1. The molecule has 2 heterocycles. The van der Waals surface area contributed by atoms with Gasteiger partial charge in [0.15, 0.2) is 5.69 Å². The van der Waals surface area contributed by atoms with Gasteiger partial charge in [-0.1, -0.05) is 18.2 Å². The van der Waals surface area contributed by atoms with E-state index in [0.29, 0.717) is 11.6 Å². The fourth-order valence-corrected chi connectivity index (χ4v) is 5.31. The molecule has 2 aromatic heterocycles. The molecule has 0 atom stereocenters. The molecule has 0 fully saturated rings. The third kappa shape index (κ3) is 6.50. The van der Waals surface area contributed by atoms with Crippen LogP contribution in [0.1, 0.15) is 37.6 Å². The first-order valence-corrected chi connectivity index (χ1v) is 13.2. The number of hydrogen-bond acceptors (Lipinski definition) is 5. The van der Waals surface area contributed by atoms with Gasteiger partial charge in [0.05, 0.1) is 21.8 Å². The minimum absolute atomic E-state index is 0.0317. The summed E-state index contributed by atoms with van der Waals surface area (Å²) in [5.41, 5.74) is -2.76. The van der Waals surface area contributed by atoms with E-state index in [1.54, 1.807) is 26.8 Å². The summed E-state index contributed by atoms with van der Waals surface area (Å²) in [5, 5.41) is 0. The van der Waals surface area contributed by atoms with Gasteiger partial charge in [0.1, 0.15) is 6.33 Å². The van der Waals surface area contributed by atoms with Gasteiger partial charge in [-0.3, -0.25) is 4.57 Å². The van der Waals surface area contributed by atoms with Crippen LogP contribution in [-0.2, 0) is 22.4 Å². The summed E-state index contributed by atoms with van der Waals surface area (Å²) in [7, 11) is -3.87. The maximum atomic E-state index is 13.7. The Morgan fingerprint density at radius 2 is 1.50 bits per heavy atom. The lowest BCUT2D eigenvalue weighted by molar-refractivity contribution is -0.141.